The maximum absolute atomic E-state index is 14.0. The number of rotatable bonds is 3. The molecular formula is C13H10ClF2N3S. The summed E-state index contributed by atoms with van der Waals surface area (Å²) in [7, 11) is 0. The fourth-order valence-electron chi connectivity index (χ4n) is 2.10. The number of alkyl halides is 1. The second-order valence-corrected chi connectivity index (χ2v) is 5.54. The number of nitrogens with zero attached hydrogens (tertiary/aromatic N) is 3. The SMILES string of the molecule is Cc1ncsc1Cn1c(CCl)nc2ccc(F)c(F)c21. The molecule has 3 aromatic rings. The molecule has 0 amide bonds. The number of aromatic nitrogens is 3. The minimum absolute atomic E-state index is 0.133. The smallest absolute Gasteiger partial charge is 0.184 e. The number of hydrogen-bond donors (Lipinski definition) is 0. The summed E-state index contributed by atoms with van der Waals surface area (Å²) in [6.07, 6.45) is 0. The van der Waals surface area contributed by atoms with Gasteiger partial charge in [0.25, 0.3) is 0 Å². The van der Waals surface area contributed by atoms with Gasteiger partial charge in [-0.25, -0.2) is 18.7 Å². The highest BCUT2D eigenvalue weighted by Gasteiger charge is 2.18. The molecule has 104 valence electrons. The first kappa shape index (κ1) is 13.5. The Morgan fingerprint density at radius 3 is 2.80 bits per heavy atom. The van der Waals surface area contributed by atoms with Crippen molar-refractivity contribution in [3.8, 4) is 0 Å². The molecule has 20 heavy (non-hydrogen) atoms. The van der Waals surface area contributed by atoms with Crippen LogP contribution in [0.25, 0.3) is 11.0 Å². The number of halogens is 3. The van der Waals surface area contributed by atoms with Crippen molar-refractivity contribution in [1.29, 1.82) is 0 Å². The topological polar surface area (TPSA) is 30.7 Å². The van der Waals surface area contributed by atoms with E-state index in [4.69, 9.17) is 11.6 Å². The van der Waals surface area contributed by atoms with Gasteiger partial charge < -0.3 is 4.57 Å². The molecule has 0 spiro atoms. The maximum Gasteiger partial charge on any atom is 0.184 e. The van der Waals surface area contributed by atoms with E-state index in [0.717, 1.165) is 16.6 Å². The minimum atomic E-state index is -0.895. The van der Waals surface area contributed by atoms with Crippen molar-refractivity contribution in [2.24, 2.45) is 0 Å². The van der Waals surface area contributed by atoms with Gasteiger partial charge in [-0.3, -0.25) is 0 Å². The summed E-state index contributed by atoms with van der Waals surface area (Å²) in [4.78, 5) is 9.38. The van der Waals surface area contributed by atoms with E-state index < -0.39 is 11.6 Å². The molecule has 0 N–H and O–H groups in total. The predicted octanol–water partition coefficient (Wildman–Crippen LogP) is 3.87. The van der Waals surface area contributed by atoms with E-state index in [0.29, 0.717) is 17.9 Å². The zero-order chi connectivity index (χ0) is 14.3. The van der Waals surface area contributed by atoms with Crippen molar-refractivity contribution in [1.82, 2.24) is 14.5 Å². The average molecular weight is 314 g/mol. The van der Waals surface area contributed by atoms with Crippen molar-refractivity contribution in [2.75, 3.05) is 0 Å². The van der Waals surface area contributed by atoms with Crippen LogP contribution in [0.3, 0.4) is 0 Å². The van der Waals surface area contributed by atoms with Gasteiger partial charge in [-0.1, -0.05) is 0 Å². The van der Waals surface area contributed by atoms with Crippen molar-refractivity contribution >= 4 is 34.0 Å². The van der Waals surface area contributed by atoms with Crippen LogP contribution < -0.4 is 0 Å². The van der Waals surface area contributed by atoms with E-state index >= 15 is 0 Å². The molecule has 0 aliphatic rings. The molecule has 0 atom stereocenters. The first-order valence-electron chi connectivity index (χ1n) is 5.90. The summed E-state index contributed by atoms with van der Waals surface area (Å²) < 4.78 is 29.1. The van der Waals surface area contributed by atoms with E-state index in [-0.39, 0.29) is 11.4 Å². The summed E-state index contributed by atoms with van der Waals surface area (Å²) in [5.41, 5.74) is 3.14. The molecule has 0 bridgehead atoms. The first-order valence-corrected chi connectivity index (χ1v) is 7.31. The Hall–Kier alpha value is -1.53. The molecule has 7 heteroatoms. The lowest BCUT2D eigenvalue weighted by Crippen LogP contribution is -2.05. The number of benzene rings is 1. The summed E-state index contributed by atoms with van der Waals surface area (Å²) >= 11 is 7.33. The quantitative estimate of drug-likeness (QED) is 0.687. The number of aryl methyl sites for hydroxylation is 1. The molecule has 0 aliphatic heterocycles. The molecular weight excluding hydrogens is 304 g/mol. The Bertz CT molecular complexity index is 781. The standard InChI is InChI=1S/C13H10ClF2N3S/c1-7-10(20-6-17-7)5-19-11(4-14)18-9-3-2-8(15)12(16)13(9)19/h2-3,6H,4-5H2,1H3. The Labute approximate surface area is 122 Å². The summed E-state index contributed by atoms with van der Waals surface area (Å²) in [6, 6.07) is 2.53. The highest BCUT2D eigenvalue weighted by Crippen LogP contribution is 2.25. The normalized spacial score (nSPS) is 11.4. The third-order valence-corrected chi connectivity index (χ3v) is 4.30. The average Bonchev–Trinajstić information content (AvgIpc) is 2.99. The predicted molar refractivity (Wildman–Crippen MR) is 75.2 cm³/mol. The van der Waals surface area contributed by atoms with Crippen molar-refractivity contribution < 1.29 is 8.78 Å². The molecule has 0 saturated carbocycles. The van der Waals surface area contributed by atoms with Crippen LogP contribution in [0.2, 0.25) is 0 Å². The Balaban J connectivity index is 2.22. The van der Waals surface area contributed by atoms with Crippen LogP contribution in [0.5, 0.6) is 0 Å². The lowest BCUT2D eigenvalue weighted by molar-refractivity contribution is 0.512. The fraction of sp³-hybridized carbons (Fsp3) is 0.231. The van der Waals surface area contributed by atoms with Crippen LogP contribution in [-0.2, 0) is 12.4 Å². The summed E-state index contributed by atoms with van der Waals surface area (Å²) in [5.74, 6) is -1.14. The zero-order valence-corrected chi connectivity index (χ0v) is 12.1. The highest BCUT2D eigenvalue weighted by molar-refractivity contribution is 7.09. The fourth-order valence-corrected chi connectivity index (χ4v) is 3.07. The molecule has 2 heterocycles. The van der Waals surface area contributed by atoms with E-state index in [1.807, 2.05) is 6.92 Å². The Kier molecular flexibility index (Phi) is 3.43. The molecule has 0 aliphatic carbocycles. The number of hydrogen-bond acceptors (Lipinski definition) is 3. The van der Waals surface area contributed by atoms with E-state index in [1.54, 1.807) is 10.1 Å². The Morgan fingerprint density at radius 1 is 1.35 bits per heavy atom. The highest BCUT2D eigenvalue weighted by atomic mass is 35.5. The molecule has 0 fully saturated rings. The van der Waals surface area contributed by atoms with Gasteiger partial charge in [-0.2, -0.15) is 0 Å². The lowest BCUT2D eigenvalue weighted by Gasteiger charge is -2.07. The van der Waals surface area contributed by atoms with Crippen LogP contribution >= 0.6 is 22.9 Å². The summed E-state index contributed by atoms with van der Waals surface area (Å²) in [5, 5.41) is 0. The van der Waals surface area contributed by atoms with E-state index in [9.17, 15) is 8.78 Å². The molecule has 1 aromatic carbocycles. The van der Waals surface area contributed by atoms with Gasteiger partial charge in [0.1, 0.15) is 11.3 Å². The first-order chi connectivity index (χ1) is 9.61. The molecule has 2 aromatic heterocycles. The molecule has 0 saturated heterocycles. The van der Waals surface area contributed by atoms with Gasteiger partial charge in [-0.05, 0) is 19.1 Å². The van der Waals surface area contributed by atoms with Gasteiger partial charge >= 0.3 is 0 Å². The monoisotopic (exact) mass is 313 g/mol. The van der Waals surface area contributed by atoms with Gasteiger partial charge in [0.15, 0.2) is 11.6 Å². The number of fused-ring (bicyclic) bond motifs is 1. The van der Waals surface area contributed by atoms with Crippen molar-refractivity contribution in [3.63, 3.8) is 0 Å². The van der Waals surface area contributed by atoms with Crippen LogP contribution in [0.15, 0.2) is 17.6 Å². The van der Waals surface area contributed by atoms with Gasteiger partial charge in [-0.15, -0.1) is 22.9 Å². The van der Waals surface area contributed by atoms with Crippen molar-refractivity contribution in [3.05, 3.63) is 45.7 Å². The molecule has 0 unspecified atom stereocenters. The third kappa shape index (κ3) is 2.09. The number of imidazole rings is 1. The molecule has 3 nitrogen and oxygen atoms in total. The van der Waals surface area contributed by atoms with Gasteiger partial charge in [0.05, 0.1) is 29.1 Å². The van der Waals surface area contributed by atoms with Crippen LogP contribution in [0.4, 0.5) is 8.78 Å². The summed E-state index contributed by atoms with van der Waals surface area (Å²) in [6.45, 7) is 2.26. The van der Waals surface area contributed by atoms with Crippen LogP contribution in [0.1, 0.15) is 16.4 Å². The third-order valence-electron chi connectivity index (χ3n) is 3.14. The second-order valence-electron chi connectivity index (χ2n) is 4.34. The largest absolute Gasteiger partial charge is 0.319 e. The second kappa shape index (κ2) is 5.10. The van der Waals surface area contributed by atoms with Crippen LogP contribution in [0, 0.1) is 18.6 Å². The van der Waals surface area contributed by atoms with Gasteiger partial charge in [0.2, 0.25) is 0 Å². The van der Waals surface area contributed by atoms with E-state index in [2.05, 4.69) is 9.97 Å². The molecule has 3 rings (SSSR count). The van der Waals surface area contributed by atoms with Gasteiger partial charge in [0, 0.05) is 4.88 Å². The maximum atomic E-state index is 14.0. The van der Waals surface area contributed by atoms with Crippen molar-refractivity contribution in [2.45, 2.75) is 19.3 Å². The molecule has 0 radical (unpaired) electrons. The Morgan fingerprint density at radius 2 is 2.15 bits per heavy atom. The lowest BCUT2D eigenvalue weighted by atomic mass is 10.3. The minimum Gasteiger partial charge on any atom is -0.319 e. The van der Waals surface area contributed by atoms with Crippen LogP contribution in [-0.4, -0.2) is 14.5 Å². The zero-order valence-electron chi connectivity index (χ0n) is 10.5. The number of thiazole rings is 1. The van der Waals surface area contributed by atoms with E-state index in [1.165, 1.54) is 17.4 Å².